The van der Waals surface area contributed by atoms with E-state index in [1.54, 1.807) is 7.11 Å². The number of halogens is 1. The van der Waals surface area contributed by atoms with Gasteiger partial charge in [-0.15, -0.1) is 0 Å². The highest BCUT2D eigenvalue weighted by Gasteiger charge is 2.01. The predicted molar refractivity (Wildman–Crippen MR) is 48.6 cm³/mol. The van der Waals surface area contributed by atoms with Crippen LogP contribution in [-0.4, -0.2) is 19.3 Å². The van der Waals surface area contributed by atoms with Crippen molar-refractivity contribution in [2.75, 3.05) is 13.7 Å². The molecule has 0 saturated carbocycles. The number of benzene rings is 1. The van der Waals surface area contributed by atoms with Gasteiger partial charge in [0.1, 0.15) is 12.4 Å². The molecule has 1 atom stereocenters. The van der Waals surface area contributed by atoms with Gasteiger partial charge in [0, 0.05) is 7.11 Å². The number of alkyl halides is 1. The van der Waals surface area contributed by atoms with Crippen LogP contribution in [0.2, 0.25) is 0 Å². The van der Waals surface area contributed by atoms with Gasteiger partial charge in [0.2, 0.25) is 0 Å². The quantitative estimate of drug-likeness (QED) is 0.672. The van der Waals surface area contributed by atoms with E-state index in [1.165, 1.54) is 0 Å². The Labute approximate surface area is 77.1 Å². The van der Waals surface area contributed by atoms with Crippen molar-refractivity contribution in [2.24, 2.45) is 0 Å². The highest BCUT2D eigenvalue weighted by Crippen LogP contribution is 2.09. The molecule has 0 fully saturated rings. The number of para-hydroxylation sites is 1. The third kappa shape index (κ3) is 3.11. The second-order valence-electron chi connectivity index (χ2n) is 2.27. The van der Waals surface area contributed by atoms with Crippen LogP contribution in [0.4, 0.5) is 0 Å². The Kier molecular flexibility index (Phi) is 3.91. The largest absolute Gasteiger partial charge is 0.490 e. The van der Waals surface area contributed by atoms with Gasteiger partial charge in [0.25, 0.3) is 0 Å². The third-order valence-electron chi connectivity index (χ3n) is 1.38. The van der Waals surface area contributed by atoms with Crippen LogP contribution in [0.15, 0.2) is 30.3 Å². The third-order valence-corrected chi connectivity index (χ3v) is 1.68. The van der Waals surface area contributed by atoms with Crippen LogP contribution < -0.4 is 4.74 Å². The summed E-state index contributed by atoms with van der Waals surface area (Å²) in [6, 6.07) is 9.50. The van der Waals surface area contributed by atoms with Crippen molar-refractivity contribution in [1.82, 2.24) is 0 Å². The molecule has 0 aromatic heterocycles. The van der Waals surface area contributed by atoms with E-state index in [2.05, 4.69) is 0 Å². The molecule has 1 aromatic carbocycles. The van der Waals surface area contributed by atoms with Crippen LogP contribution in [0.1, 0.15) is 0 Å². The molecule has 3 heteroatoms. The molecule has 66 valence electrons. The average molecular weight is 187 g/mol. The molecule has 12 heavy (non-hydrogen) atoms. The van der Waals surface area contributed by atoms with Crippen LogP contribution in [0.5, 0.6) is 5.75 Å². The molecular weight excluding hydrogens is 176 g/mol. The number of hydrogen-bond acceptors (Lipinski definition) is 2. The predicted octanol–water partition coefficient (Wildman–Crippen LogP) is 2.28. The molecule has 0 aliphatic rings. The lowest BCUT2D eigenvalue weighted by Crippen LogP contribution is -2.13. The first-order chi connectivity index (χ1) is 5.83. The van der Waals surface area contributed by atoms with Crippen molar-refractivity contribution in [3.8, 4) is 5.75 Å². The van der Waals surface area contributed by atoms with Gasteiger partial charge in [-0.3, -0.25) is 0 Å². The lowest BCUT2D eigenvalue weighted by molar-refractivity contribution is 0.115. The molecule has 0 aliphatic carbocycles. The molecule has 0 aliphatic heterocycles. The Morgan fingerprint density at radius 3 is 2.58 bits per heavy atom. The van der Waals surface area contributed by atoms with Crippen LogP contribution in [0.25, 0.3) is 0 Å². The van der Waals surface area contributed by atoms with Gasteiger partial charge in [0.05, 0.1) is 0 Å². The molecule has 0 radical (unpaired) electrons. The van der Waals surface area contributed by atoms with E-state index in [4.69, 9.17) is 21.1 Å². The van der Waals surface area contributed by atoms with Crippen LogP contribution in [0, 0.1) is 0 Å². The second kappa shape index (κ2) is 5.01. The Hall–Kier alpha value is -0.730. The van der Waals surface area contributed by atoms with Gasteiger partial charge in [0.15, 0.2) is 5.56 Å². The van der Waals surface area contributed by atoms with E-state index < -0.39 is 0 Å². The summed E-state index contributed by atoms with van der Waals surface area (Å²) in [5, 5.41) is 0. The monoisotopic (exact) mass is 186 g/mol. The first-order valence-electron chi connectivity index (χ1n) is 3.67. The molecule has 0 bridgehead atoms. The zero-order valence-electron chi connectivity index (χ0n) is 6.87. The van der Waals surface area contributed by atoms with Gasteiger partial charge in [-0.2, -0.15) is 0 Å². The fourth-order valence-electron chi connectivity index (χ4n) is 0.747. The van der Waals surface area contributed by atoms with Gasteiger partial charge >= 0.3 is 0 Å². The maximum Gasteiger partial charge on any atom is 0.164 e. The highest BCUT2D eigenvalue weighted by molar-refractivity contribution is 6.19. The molecule has 2 nitrogen and oxygen atoms in total. The van der Waals surface area contributed by atoms with E-state index in [9.17, 15) is 0 Å². The Balaban J connectivity index is 2.33. The minimum absolute atomic E-state index is 0.363. The zero-order valence-corrected chi connectivity index (χ0v) is 7.62. The normalized spacial score (nSPS) is 12.5. The van der Waals surface area contributed by atoms with Crippen molar-refractivity contribution in [3.05, 3.63) is 30.3 Å². The summed E-state index contributed by atoms with van der Waals surface area (Å²) in [7, 11) is 1.55. The number of methoxy groups -OCH3 is 1. The lowest BCUT2D eigenvalue weighted by atomic mass is 10.3. The maximum atomic E-state index is 5.67. The van der Waals surface area contributed by atoms with E-state index in [0.717, 1.165) is 5.75 Å². The average Bonchev–Trinajstić information content (AvgIpc) is 2.16. The second-order valence-corrected chi connectivity index (χ2v) is 2.76. The van der Waals surface area contributed by atoms with E-state index in [1.807, 2.05) is 30.3 Å². The fourth-order valence-corrected chi connectivity index (χ4v) is 0.809. The molecule has 0 spiro atoms. The van der Waals surface area contributed by atoms with Gasteiger partial charge in [-0.05, 0) is 12.1 Å². The SMILES string of the molecule is COC(Cl)COc1ccccc1. The van der Waals surface area contributed by atoms with Crippen molar-refractivity contribution >= 4 is 11.6 Å². The molecule has 0 N–H and O–H groups in total. The van der Waals surface area contributed by atoms with E-state index >= 15 is 0 Å². The van der Waals surface area contributed by atoms with Crippen molar-refractivity contribution < 1.29 is 9.47 Å². The molecule has 1 aromatic rings. The smallest absolute Gasteiger partial charge is 0.164 e. The summed E-state index contributed by atoms with van der Waals surface area (Å²) in [6.07, 6.45) is 0. The van der Waals surface area contributed by atoms with E-state index in [-0.39, 0.29) is 5.56 Å². The minimum atomic E-state index is -0.384. The molecule has 0 saturated heterocycles. The summed E-state index contributed by atoms with van der Waals surface area (Å²) in [4.78, 5) is 0. The summed E-state index contributed by atoms with van der Waals surface area (Å²) in [5.74, 6) is 0.806. The Morgan fingerprint density at radius 2 is 2.00 bits per heavy atom. The summed E-state index contributed by atoms with van der Waals surface area (Å²) in [6.45, 7) is 0.363. The highest BCUT2D eigenvalue weighted by atomic mass is 35.5. The van der Waals surface area contributed by atoms with Gasteiger partial charge < -0.3 is 9.47 Å². The van der Waals surface area contributed by atoms with Crippen LogP contribution >= 0.6 is 11.6 Å². The summed E-state index contributed by atoms with van der Waals surface area (Å²) >= 11 is 5.67. The number of ether oxygens (including phenoxy) is 2. The van der Waals surface area contributed by atoms with Gasteiger partial charge in [-0.25, -0.2) is 0 Å². The minimum Gasteiger partial charge on any atom is -0.490 e. The van der Waals surface area contributed by atoms with Crippen molar-refractivity contribution in [3.63, 3.8) is 0 Å². The first-order valence-corrected chi connectivity index (χ1v) is 4.11. The van der Waals surface area contributed by atoms with Crippen LogP contribution in [-0.2, 0) is 4.74 Å². The van der Waals surface area contributed by atoms with Gasteiger partial charge in [-0.1, -0.05) is 29.8 Å². The first kappa shape index (κ1) is 9.36. The summed E-state index contributed by atoms with van der Waals surface area (Å²) in [5.41, 5.74) is -0.384. The van der Waals surface area contributed by atoms with Crippen molar-refractivity contribution in [1.29, 1.82) is 0 Å². The zero-order chi connectivity index (χ0) is 8.81. The fraction of sp³-hybridized carbons (Fsp3) is 0.333. The molecule has 0 heterocycles. The van der Waals surface area contributed by atoms with Crippen molar-refractivity contribution in [2.45, 2.75) is 5.56 Å². The number of rotatable bonds is 4. The number of hydrogen-bond donors (Lipinski definition) is 0. The molecule has 1 unspecified atom stereocenters. The molecule has 0 amide bonds. The maximum absolute atomic E-state index is 5.67. The summed E-state index contributed by atoms with van der Waals surface area (Å²) < 4.78 is 10.1. The van der Waals surface area contributed by atoms with Crippen LogP contribution in [0.3, 0.4) is 0 Å². The molecule has 1 rings (SSSR count). The topological polar surface area (TPSA) is 18.5 Å². The molecular formula is C9H11ClO2. The lowest BCUT2D eigenvalue weighted by Gasteiger charge is -2.08. The Bertz CT molecular complexity index is 213. The standard InChI is InChI=1S/C9H11ClO2/c1-11-9(10)7-12-8-5-3-2-4-6-8/h2-6,9H,7H2,1H3. The Morgan fingerprint density at radius 1 is 1.33 bits per heavy atom. The van der Waals surface area contributed by atoms with E-state index in [0.29, 0.717) is 6.61 Å².